The average Bonchev–Trinajstić information content (AvgIpc) is 2.80. The zero-order chi connectivity index (χ0) is 21.8. The number of amides is 1. The minimum absolute atomic E-state index is 0.152. The molecular formula is C24H28N6O. The largest absolute Gasteiger partial charge is 0.366 e. The van der Waals surface area contributed by atoms with Gasteiger partial charge in [-0.2, -0.15) is 0 Å². The molecule has 2 aromatic heterocycles. The standard InChI is InChI=1S/C24H28N6O/c1-17(2)19-6-7-21(28-24(31)20-5-4-8-25-16-20)22(15-19)29-11-13-30(14-12-29)23-18(3)26-9-10-27-23/h4-10,15-17H,11-14H2,1-3H3,(H,28,31). The highest BCUT2D eigenvalue weighted by molar-refractivity contribution is 6.05. The third kappa shape index (κ3) is 4.66. The monoisotopic (exact) mass is 416 g/mol. The van der Waals surface area contributed by atoms with Crippen molar-refractivity contribution in [3.8, 4) is 0 Å². The predicted molar refractivity (Wildman–Crippen MR) is 124 cm³/mol. The Hall–Kier alpha value is -3.48. The lowest BCUT2D eigenvalue weighted by molar-refractivity contribution is 0.102. The molecule has 1 N–H and O–H groups in total. The molecule has 7 heteroatoms. The molecule has 0 saturated carbocycles. The van der Waals surface area contributed by atoms with Gasteiger partial charge in [-0.3, -0.25) is 14.8 Å². The van der Waals surface area contributed by atoms with Gasteiger partial charge >= 0.3 is 0 Å². The van der Waals surface area contributed by atoms with Crippen LogP contribution in [0.15, 0.2) is 55.1 Å². The van der Waals surface area contributed by atoms with Crippen molar-refractivity contribution in [1.29, 1.82) is 0 Å². The van der Waals surface area contributed by atoms with E-state index in [4.69, 9.17) is 0 Å². The molecule has 1 saturated heterocycles. The first-order valence-electron chi connectivity index (χ1n) is 10.7. The van der Waals surface area contributed by atoms with Crippen molar-refractivity contribution in [2.75, 3.05) is 41.3 Å². The number of hydrogen-bond donors (Lipinski definition) is 1. The summed E-state index contributed by atoms with van der Waals surface area (Å²) in [5, 5.41) is 3.09. The van der Waals surface area contributed by atoms with Crippen molar-refractivity contribution < 1.29 is 4.79 Å². The van der Waals surface area contributed by atoms with E-state index in [9.17, 15) is 4.79 Å². The van der Waals surface area contributed by atoms with Crippen LogP contribution in [0.5, 0.6) is 0 Å². The molecular weight excluding hydrogens is 388 g/mol. The molecule has 0 atom stereocenters. The van der Waals surface area contributed by atoms with E-state index < -0.39 is 0 Å². The van der Waals surface area contributed by atoms with Crippen LogP contribution >= 0.6 is 0 Å². The average molecular weight is 417 g/mol. The zero-order valence-electron chi connectivity index (χ0n) is 18.2. The molecule has 1 aliphatic rings. The Balaban J connectivity index is 1.56. The van der Waals surface area contributed by atoms with E-state index in [1.165, 1.54) is 5.56 Å². The zero-order valence-corrected chi connectivity index (χ0v) is 18.2. The Labute approximate surface area is 183 Å². The number of nitrogens with zero attached hydrogens (tertiary/aromatic N) is 5. The minimum Gasteiger partial charge on any atom is -0.366 e. The fourth-order valence-corrected chi connectivity index (χ4v) is 3.84. The SMILES string of the molecule is Cc1nccnc1N1CCN(c2cc(C(C)C)ccc2NC(=O)c2cccnc2)CC1. The molecule has 1 fully saturated rings. The molecule has 160 valence electrons. The summed E-state index contributed by atoms with van der Waals surface area (Å²) in [7, 11) is 0. The molecule has 7 nitrogen and oxygen atoms in total. The summed E-state index contributed by atoms with van der Waals surface area (Å²) in [6.07, 6.45) is 6.72. The highest BCUT2D eigenvalue weighted by Crippen LogP contribution is 2.32. The van der Waals surface area contributed by atoms with E-state index in [1.807, 2.05) is 13.0 Å². The van der Waals surface area contributed by atoms with E-state index in [0.29, 0.717) is 11.5 Å². The molecule has 0 spiro atoms. The number of carbonyl (C=O) groups excluding carboxylic acids is 1. The second-order valence-electron chi connectivity index (χ2n) is 8.07. The number of rotatable bonds is 5. The summed E-state index contributed by atoms with van der Waals surface area (Å²) < 4.78 is 0. The van der Waals surface area contributed by atoms with E-state index in [2.05, 4.69) is 56.0 Å². The van der Waals surface area contributed by atoms with Gasteiger partial charge in [0, 0.05) is 51.0 Å². The summed E-state index contributed by atoms with van der Waals surface area (Å²) in [4.78, 5) is 30.3. The van der Waals surface area contributed by atoms with Gasteiger partial charge in [0.2, 0.25) is 0 Å². The number of carbonyl (C=O) groups is 1. The first kappa shape index (κ1) is 20.8. The smallest absolute Gasteiger partial charge is 0.257 e. The van der Waals surface area contributed by atoms with E-state index in [0.717, 1.165) is 49.1 Å². The lowest BCUT2D eigenvalue weighted by atomic mass is 10.0. The molecule has 0 aliphatic carbocycles. The molecule has 0 unspecified atom stereocenters. The van der Waals surface area contributed by atoms with E-state index in [1.54, 1.807) is 36.9 Å². The molecule has 1 aliphatic heterocycles. The summed E-state index contributed by atoms with van der Waals surface area (Å²) in [5.74, 6) is 1.20. The number of aromatic nitrogens is 3. The van der Waals surface area contributed by atoms with Crippen LogP contribution in [0.1, 0.15) is 41.4 Å². The van der Waals surface area contributed by atoms with Crippen molar-refractivity contribution in [3.05, 3.63) is 71.9 Å². The van der Waals surface area contributed by atoms with Gasteiger partial charge in [-0.1, -0.05) is 19.9 Å². The predicted octanol–water partition coefficient (Wildman–Crippen LogP) is 3.88. The maximum atomic E-state index is 12.7. The van der Waals surface area contributed by atoms with Crippen molar-refractivity contribution in [2.45, 2.75) is 26.7 Å². The third-order valence-corrected chi connectivity index (χ3v) is 5.64. The number of anilines is 3. The van der Waals surface area contributed by atoms with Gasteiger partial charge in [-0.25, -0.2) is 4.98 Å². The van der Waals surface area contributed by atoms with Gasteiger partial charge in [0.25, 0.3) is 5.91 Å². The van der Waals surface area contributed by atoms with Crippen LogP contribution in [0.25, 0.3) is 0 Å². The second-order valence-corrected chi connectivity index (χ2v) is 8.07. The Morgan fingerprint density at radius 2 is 1.74 bits per heavy atom. The maximum absolute atomic E-state index is 12.7. The number of benzene rings is 1. The summed E-state index contributed by atoms with van der Waals surface area (Å²) >= 11 is 0. The number of pyridine rings is 1. The molecule has 0 bridgehead atoms. The van der Waals surface area contributed by atoms with Gasteiger partial charge in [0.1, 0.15) is 5.82 Å². The molecule has 1 aromatic carbocycles. The van der Waals surface area contributed by atoms with Crippen molar-refractivity contribution in [2.24, 2.45) is 0 Å². The Morgan fingerprint density at radius 3 is 2.42 bits per heavy atom. The van der Waals surface area contributed by atoms with Crippen LogP contribution in [0.4, 0.5) is 17.2 Å². The molecule has 31 heavy (non-hydrogen) atoms. The maximum Gasteiger partial charge on any atom is 0.257 e. The second kappa shape index (κ2) is 9.12. The summed E-state index contributed by atoms with van der Waals surface area (Å²) in [6.45, 7) is 9.74. The molecule has 0 radical (unpaired) electrons. The van der Waals surface area contributed by atoms with Crippen LogP contribution in [0.3, 0.4) is 0 Å². The first-order valence-corrected chi connectivity index (χ1v) is 10.7. The Kier molecular flexibility index (Phi) is 6.11. The molecule has 4 rings (SSSR count). The lowest BCUT2D eigenvalue weighted by Gasteiger charge is -2.38. The third-order valence-electron chi connectivity index (χ3n) is 5.64. The summed E-state index contributed by atoms with van der Waals surface area (Å²) in [6, 6.07) is 9.84. The van der Waals surface area contributed by atoms with Gasteiger partial charge in [-0.05, 0) is 42.7 Å². The Bertz CT molecular complexity index is 1040. The number of aryl methyl sites for hydroxylation is 1. The quantitative estimate of drug-likeness (QED) is 0.680. The molecule has 3 heterocycles. The fourth-order valence-electron chi connectivity index (χ4n) is 3.84. The van der Waals surface area contributed by atoms with E-state index >= 15 is 0 Å². The topological polar surface area (TPSA) is 74.2 Å². The van der Waals surface area contributed by atoms with Crippen molar-refractivity contribution in [3.63, 3.8) is 0 Å². The van der Waals surface area contributed by atoms with Crippen LogP contribution in [-0.4, -0.2) is 47.0 Å². The summed E-state index contributed by atoms with van der Waals surface area (Å²) in [5.41, 5.74) is 4.62. The Morgan fingerprint density at radius 1 is 1.00 bits per heavy atom. The highest BCUT2D eigenvalue weighted by Gasteiger charge is 2.23. The van der Waals surface area contributed by atoms with Crippen molar-refractivity contribution >= 4 is 23.1 Å². The van der Waals surface area contributed by atoms with Crippen LogP contribution in [-0.2, 0) is 0 Å². The van der Waals surface area contributed by atoms with E-state index in [-0.39, 0.29) is 5.91 Å². The number of piperazine rings is 1. The van der Waals surface area contributed by atoms with Gasteiger partial charge in [0.05, 0.1) is 22.6 Å². The van der Waals surface area contributed by atoms with Gasteiger partial charge < -0.3 is 15.1 Å². The number of nitrogens with one attached hydrogen (secondary N) is 1. The fraction of sp³-hybridized carbons (Fsp3) is 0.333. The van der Waals surface area contributed by atoms with Crippen LogP contribution < -0.4 is 15.1 Å². The van der Waals surface area contributed by atoms with Crippen molar-refractivity contribution in [1.82, 2.24) is 15.0 Å². The first-order chi connectivity index (χ1) is 15.0. The minimum atomic E-state index is -0.152. The molecule has 3 aromatic rings. The highest BCUT2D eigenvalue weighted by atomic mass is 16.1. The molecule has 1 amide bonds. The van der Waals surface area contributed by atoms with Crippen LogP contribution in [0, 0.1) is 6.92 Å². The lowest BCUT2D eigenvalue weighted by Crippen LogP contribution is -2.47. The normalized spacial score (nSPS) is 14.1. The van der Waals surface area contributed by atoms with Gasteiger partial charge in [0.15, 0.2) is 0 Å². The number of hydrogen-bond acceptors (Lipinski definition) is 6. The van der Waals surface area contributed by atoms with Gasteiger partial charge in [-0.15, -0.1) is 0 Å². The van der Waals surface area contributed by atoms with Crippen LogP contribution in [0.2, 0.25) is 0 Å².